The van der Waals surface area contributed by atoms with Crippen LogP contribution in [0.25, 0.3) is 0 Å². The summed E-state index contributed by atoms with van der Waals surface area (Å²) in [6.07, 6.45) is 15.0. The summed E-state index contributed by atoms with van der Waals surface area (Å²) in [6, 6.07) is -2.50. The standard InChI is InChI=1S/C55H99N8O14P/c1-8-19-42-38-61(39-42)28-18-13-11-9-10-12-16-21-50(64)57-48(41-77-78(70,71)76-33-30-63(5,6)7)53(68)58-47(20-15-14-17-22-51(65)66)52(67)56-27-31-72-34-36-74-37-35-73-32-29-62-49-26-24-44-43(23-25-46(49)59-60-62)45(44)40-75-54(69)55(2,3)4/h42-45,47-48H,8-41H2,1-7H3,(H4-,56,57,58,64,65,66,67,68,70,71)/p+1. The zero-order valence-electron chi connectivity index (χ0n) is 48.5. The Bertz CT molecular complexity index is 1990. The summed E-state index contributed by atoms with van der Waals surface area (Å²) in [5, 5.41) is 26.1. The van der Waals surface area contributed by atoms with Gasteiger partial charge in [0.05, 0.1) is 97.3 Å². The van der Waals surface area contributed by atoms with Crippen LogP contribution in [0.2, 0.25) is 0 Å². The lowest BCUT2D eigenvalue weighted by Crippen LogP contribution is -2.55. The molecule has 1 saturated heterocycles. The number of carboxylic acids is 1. The third-order valence-electron chi connectivity index (χ3n) is 14.8. The molecule has 1 aliphatic heterocycles. The van der Waals surface area contributed by atoms with Crippen molar-refractivity contribution in [3.8, 4) is 0 Å². The third kappa shape index (κ3) is 27.2. The summed E-state index contributed by atoms with van der Waals surface area (Å²) in [5.41, 5.74) is 1.69. The maximum atomic E-state index is 13.9. The van der Waals surface area contributed by atoms with Gasteiger partial charge in [-0.3, -0.25) is 33.0 Å². The smallest absolute Gasteiger partial charge is 0.472 e. The number of carbonyl (C=O) groups is 5. The maximum Gasteiger partial charge on any atom is 0.472 e. The number of carboxylic acid groups (broad SMARTS) is 1. The van der Waals surface area contributed by atoms with E-state index in [1.54, 1.807) is 0 Å². The van der Waals surface area contributed by atoms with Gasteiger partial charge in [0.15, 0.2) is 0 Å². The Balaban J connectivity index is 1.14. The predicted octanol–water partition coefficient (Wildman–Crippen LogP) is 5.47. The first-order chi connectivity index (χ1) is 37.2. The monoisotopic (exact) mass is 1130 g/mol. The molecular formula is C55H100N8O14P+. The van der Waals surface area contributed by atoms with E-state index in [0.29, 0.717) is 94.0 Å². The minimum atomic E-state index is -4.63. The SMILES string of the molecule is CCCC1CN(CCCCCCCCCC(=O)NC(COP(=O)(O)OCC[N+](C)(C)C)C(=O)NC(CCCCCC(=O)O)C(=O)NCCOCCOCCOCCn2nnc3c2CCC2C(CC3)C2COC(=O)C(C)(C)C)C1. The topological polar surface area (TPSA) is 268 Å². The van der Waals surface area contributed by atoms with Crippen molar-refractivity contribution in [3.63, 3.8) is 0 Å². The molecule has 6 atom stereocenters. The number of fused-ring (bicyclic) bond motifs is 2. The molecule has 448 valence electrons. The molecule has 2 aliphatic carbocycles. The Hall–Kier alpha value is -3.60. The van der Waals surface area contributed by atoms with Crippen molar-refractivity contribution < 1.29 is 71.0 Å². The fourth-order valence-electron chi connectivity index (χ4n) is 10.1. The summed E-state index contributed by atoms with van der Waals surface area (Å²) in [7, 11) is 1.06. The van der Waals surface area contributed by atoms with E-state index >= 15 is 0 Å². The number of aromatic nitrogens is 3. The molecule has 6 unspecified atom stereocenters. The van der Waals surface area contributed by atoms with Gasteiger partial charge < -0.3 is 54.3 Å². The Morgan fingerprint density at radius 1 is 0.756 bits per heavy atom. The number of aliphatic carboxylic acids is 1. The average Bonchev–Trinajstić information content (AvgIpc) is 3.86. The van der Waals surface area contributed by atoms with Crippen LogP contribution in [0.3, 0.4) is 0 Å². The average molecular weight is 1130 g/mol. The van der Waals surface area contributed by atoms with Crippen molar-refractivity contribution in [2.75, 3.05) is 113 Å². The molecule has 0 radical (unpaired) electrons. The first-order valence-electron chi connectivity index (χ1n) is 29.2. The minimum absolute atomic E-state index is 0.0332. The summed E-state index contributed by atoms with van der Waals surface area (Å²) in [5.74, 6) is -0.407. The molecule has 0 bridgehead atoms. The number of nitrogens with zero attached hydrogens (tertiary/aromatic N) is 5. The van der Waals surface area contributed by atoms with Gasteiger partial charge in [0.2, 0.25) is 17.7 Å². The lowest BCUT2D eigenvalue weighted by molar-refractivity contribution is -0.870. The summed E-state index contributed by atoms with van der Waals surface area (Å²) in [4.78, 5) is 77.0. The fourth-order valence-corrected chi connectivity index (χ4v) is 10.8. The molecule has 23 heteroatoms. The van der Waals surface area contributed by atoms with Gasteiger partial charge in [0.25, 0.3) is 0 Å². The normalized spacial score (nSPS) is 19.3. The number of esters is 1. The highest BCUT2D eigenvalue weighted by Gasteiger charge is 2.50. The first kappa shape index (κ1) is 66.9. The molecule has 0 spiro atoms. The number of hydrogen-bond donors (Lipinski definition) is 5. The number of likely N-dealkylation sites (tertiary alicyclic amines) is 1. The fraction of sp³-hybridized carbons (Fsp3) is 0.873. The second kappa shape index (κ2) is 35.3. The number of phosphoric acid groups is 1. The second-order valence-electron chi connectivity index (χ2n) is 23.7. The number of ether oxygens (including phenoxy) is 4. The van der Waals surface area contributed by atoms with E-state index in [1.165, 1.54) is 38.8 Å². The van der Waals surface area contributed by atoms with E-state index < -0.39 is 55.6 Å². The lowest BCUT2D eigenvalue weighted by atomic mass is 9.95. The number of likely N-dealkylation sites (N-methyl/N-ethyl adjacent to an activating group) is 1. The number of amides is 3. The van der Waals surface area contributed by atoms with E-state index in [4.69, 9.17) is 33.1 Å². The molecule has 22 nitrogen and oxygen atoms in total. The molecule has 78 heavy (non-hydrogen) atoms. The Morgan fingerprint density at radius 2 is 1.38 bits per heavy atom. The van der Waals surface area contributed by atoms with Crippen LogP contribution in [0, 0.1) is 29.1 Å². The van der Waals surface area contributed by atoms with Gasteiger partial charge >= 0.3 is 19.8 Å². The highest BCUT2D eigenvalue weighted by molar-refractivity contribution is 7.47. The quantitative estimate of drug-likeness (QED) is 0.0235. The van der Waals surface area contributed by atoms with Crippen LogP contribution in [0.4, 0.5) is 0 Å². The molecule has 1 aromatic heterocycles. The number of quaternary nitrogens is 1. The largest absolute Gasteiger partial charge is 0.481 e. The molecule has 3 amide bonds. The highest BCUT2D eigenvalue weighted by Crippen LogP contribution is 2.53. The Morgan fingerprint density at radius 3 is 2.05 bits per heavy atom. The van der Waals surface area contributed by atoms with E-state index in [-0.39, 0.29) is 51.6 Å². The van der Waals surface area contributed by atoms with Crippen molar-refractivity contribution in [1.29, 1.82) is 0 Å². The van der Waals surface area contributed by atoms with Crippen molar-refractivity contribution in [3.05, 3.63) is 11.4 Å². The van der Waals surface area contributed by atoms with Gasteiger partial charge in [-0.05, 0) is 109 Å². The van der Waals surface area contributed by atoms with Crippen LogP contribution < -0.4 is 16.0 Å². The zero-order chi connectivity index (χ0) is 57.0. The van der Waals surface area contributed by atoms with E-state index in [1.807, 2.05) is 46.6 Å². The van der Waals surface area contributed by atoms with Gasteiger partial charge in [-0.1, -0.05) is 63.5 Å². The minimum Gasteiger partial charge on any atom is -0.481 e. The summed E-state index contributed by atoms with van der Waals surface area (Å²) in [6.45, 7) is 14.2. The number of hydrogen-bond acceptors (Lipinski definition) is 15. The lowest BCUT2D eigenvalue weighted by Gasteiger charge is -2.39. The second-order valence-corrected chi connectivity index (χ2v) is 25.1. The van der Waals surface area contributed by atoms with Gasteiger partial charge in [0, 0.05) is 32.5 Å². The van der Waals surface area contributed by atoms with Crippen LogP contribution >= 0.6 is 7.82 Å². The molecule has 1 saturated carbocycles. The van der Waals surface area contributed by atoms with Crippen LogP contribution in [0.5, 0.6) is 0 Å². The van der Waals surface area contributed by atoms with Crippen molar-refractivity contribution >= 4 is 37.5 Å². The van der Waals surface area contributed by atoms with Crippen molar-refractivity contribution in [2.24, 2.45) is 29.1 Å². The number of phosphoric ester groups is 1. The number of rotatable bonds is 43. The van der Waals surface area contributed by atoms with E-state index in [2.05, 4.69) is 38.1 Å². The number of carbonyl (C=O) groups excluding carboxylic acids is 4. The van der Waals surface area contributed by atoms with Gasteiger partial charge in [0.1, 0.15) is 25.2 Å². The molecule has 3 aliphatic rings. The van der Waals surface area contributed by atoms with Gasteiger partial charge in [-0.15, -0.1) is 5.10 Å². The van der Waals surface area contributed by atoms with Gasteiger partial charge in [-0.25, -0.2) is 9.25 Å². The Kier molecular flexibility index (Phi) is 30.3. The third-order valence-corrected chi connectivity index (χ3v) is 15.8. The van der Waals surface area contributed by atoms with Crippen molar-refractivity contribution in [2.45, 2.75) is 168 Å². The molecule has 5 N–H and O–H groups in total. The highest BCUT2D eigenvalue weighted by atomic mass is 31.2. The van der Waals surface area contributed by atoms with Crippen LogP contribution in [0.1, 0.15) is 148 Å². The molecule has 2 fully saturated rings. The Labute approximate surface area is 465 Å². The van der Waals surface area contributed by atoms with Gasteiger partial charge in [-0.2, -0.15) is 0 Å². The summed E-state index contributed by atoms with van der Waals surface area (Å²) >= 11 is 0. The van der Waals surface area contributed by atoms with Crippen molar-refractivity contribution in [1.82, 2.24) is 35.8 Å². The van der Waals surface area contributed by atoms with E-state index in [9.17, 15) is 33.4 Å². The predicted molar refractivity (Wildman–Crippen MR) is 294 cm³/mol. The molecule has 4 rings (SSSR count). The zero-order valence-corrected chi connectivity index (χ0v) is 49.4. The molecule has 1 aromatic rings. The molecule has 2 heterocycles. The number of nitrogens with one attached hydrogen (secondary N) is 3. The van der Waals surface area contributed by atoms with Crippen LogP contribution in [-0.4, -0.2) is 189 Å². The first-order valence-corrected chi connectivity index (χ1v) is 30.7. The molecule has 0 aromatic carbocycles. The van der Waals surface area contributed by atoms with E-state index in [0.717, 1.165) is 75.2 Å². The molecular weight excluding hydrogens is 1030 g/mol. The number of unbranched alkanes of at least 4 members (excludes halogenated alkanes) is 8. The van der Waals surface area contributed by atoms with Crippen LogP contribution in [0.15, 0.2) is 0 Å². The number of aryl methyl sites for hydroxylation is 1. The van der Waals surface area contributed by atoms with Crippen LogP contribution in [-0.2, 0) is 75.9 Å². The summed E-state index contributed by atoms with van der Waals surface area (Å²) < 4.78 is 48.5. The maximum absolute atomic E-state index is 13.9.